The Kier molecular flexibility index (Phi) is 6.45. The van der Waals surface area contributed by atoms with Crippen LogP contribution < -0.4 is 4.74 Å². The monoisotopic (exact) mass is 491 g/mol. The summed E-state index contributed by atoms with van der Waals surface area (Å²) in [5.41, 5.74) is -0.0848. The van der Waals surface area contributed by atoms with Crippen molar-refractivity contribution in [1.82, 2.24) is 4.90 Å². The highest BCUT2D eigenvalue weighted by atomic mass is 79.9. The molecule has 0 aliphatic carbocycles. The summed E-state index contributed by atoms with van der Waals surface area (Å²) in [5.74, 6) is -0.552. The molecule has 0 aromatic heterocycles. The molecule has 29 heavy (non-hydrogen) atoms. The maximum absolute atomic E-state index is 13.5. The van der Waals surface area contributed by atoms with Crippen molar-refractivity contribution in [2.45, 2.75) is 31.1 Å². The van der Waals surface area contributed by atoms with Crippen molar-refractivity contribution in [3.05, 3.63) is 62.6 Å². The maximum Gasteiger partial charge on any atom is 0.417 e. The standard InChI is InChI=1S/C20H18BrClF3NO3/c1-29-17-7-5-12(21)10-13(17)18(26-8-2-3-16(26)19(27)28)11-4-6-15(22)14(9-11)20(23,24)25/h4-7,9-10,16,18H,2-3,8H2,1H3,(H,27,28). The third kappa shape index (κ3) is 4.54. The van der Waals surface area contributed by atoms with Gasteiger partial charge in [0.05, 0.1) is 23.7 Å². The zero-order valence-electron chi connectivity index (χ0n) is 15.3. The van der Waals surface area contributed by atoms with Gasteiger partial charge in [0.15, 0.2) is 0 Å². The molecule has 1 heterocycles. The molecule has 1 fully saturated rings. The number of aliphatic carboxylic acids is 1. The molecule has 1 aliphatic rings. The molecule has 2 atom stereocenters. The largest absolute Gasteiger partial charge is 0.496 e. The lowest BCUT2D eigenvalue weighted by molar-refractivity contribution is -0.143. The van der Waals surface area contributed by atoms with Crippen molar-refractivity contribution < 1.29 is 27.8 Å². The number of ether oxygens (including phenoxy) is 1. The van der Waals surface area contributed by atoms with Gasteiger partial charge in [-0.25, -0.2) is 0 Å². The van der Waals surface area contributed by atoms with E-state index in [1.165, 1.54) is 19.2 Å². The van der Waals surface area contributed by atoms with Crippen LogP contribution in [0.4, 0.5) is 13.2 Å². The van der Waals surface area contributed by atoms with E-state index in [0.717, 1.165) is 6.07 Å². The molecule has 0 radical (unpaired) electrons. The number of methoxy groups -OCH3 is 1. The Balaban J connectivity index is 2.22. The molecule has 1 N–H and O–H groups in total. The first kappa shape index (κ1) is 21.9. The molecule has 0 spiro atoms. The second-order valence-electron chi connectivity index (χ2n) is 6.76. The molecular weight excluding hydrogens is 475 g/mol. The molecule has 4 nitrogen and oxygen atoms in total. The molecule has 2 unspecified atom stereocenters. The number of carboxylic acid groups (broad SMARTS) is 1. The van der Waals surface area contributed by atoms with Gasteiger partial charge < -0.3 is 9.84 Å². The Hall–Kier alpha value is -1.77. The summed E-state index contributed by atoms with van der Waals surface area (Å²) < 4.78 is 46.5. The minimum absolute atomic E-state index is 0.297. The molecule has 3 rings (SSSR count). The van der Waals surface area contributed by atoms with Gasteiger partial charge in [0.25, 0.3) is 0 Å². The number of halogens is 5. The third-order valence-electron chi connectivity index (χ3n) is 5.01. The quantitative estimate of drug-likeness (QED) is 0.576. The lowest BCUT2D eigenvalue weighted by atomic mass is 9.94. The predicted octanol–water partition coefficient (Wildman–Crippen LogP) is 5.77. The number of likely N-dealkylation sites (tertiary alicyclic amines) is 1. The zero-order chi connectivity index (χ0) is 21.3. The smallest absolute Gasteiger partial charge is 0.417 e. The predicted molar refractivity (Wildman–Crippen MR) is 106 cm³/mol. The van der Waals surface area contributed by atoms with E-state index in [1.807, 2.05) is 0 Å². The SMILES string of the molecule is COc1ccc(Br)cc1C(c1ccc(Cl)c(C(F)(F)F)c1)N1CCCC1C(=O)O. The summed E-state index contributed by atoms with van der Waals surface area (Å²) in [6.45, 7) is 0.432. The molecule has 9 heteroatoms. The van der Waals surface area contributed by atoms with E-state index in [0.29, 0.717) is 40.7 Å². The Morgan fingerprint density at radius 3 is 2.66 bits per heavy atom. The first-order chi connectivity index (χ1) is 13.6. The van der Waals surface area contributed by atoms with E-state index in [2.05, 4.69) is 15.9 Å². The highest BCUT2D eigenvalue weighted by Crippen LogP contribution is 2.43. The first-order valence-electron chi connectivity index (χ1n) is 8.82. The lowest BCUT2D eigenvalue weighted by Gasteiger charge is -2.33. The Labute approximate surface area is 179 Å². The van der Waals surface area contributed by atoms with Crippen LogP contribution in [0.1, 0.15) is 35.6 Å². The number of nitrogens with zero attached hydrogens (tertiary/aromatic N) is 1. The van der Waals surface area contributed by atoms with Gasteiger partial charge in [0.2, 0.25) is 0 Å². The Bertz CT molecular complexity index is 922. The fraction of sp³-hybridized carbons (Fsp3) is 0.350. The lowest BCUT2D eigenvalue weighted by Crippen LogP contribution is -2.39. The molecule has 1 saturated heterocycles. The molecule has 0 bridgehead atoms. The molecule has 2 aromatic carbocycles. The summed E-state index contributed by atoms with van der Waals surface area (Å²) in [6.07, 6.45) is -3.58. The topological polar surface area (TPSA) is 49.8 Å². The Morgan fingerprint density at radius 1 is 1.31 bits per heavy atom. The van der Waals surface area contributed by atoms with Crippen LogP contribution in [0.5, 0.6) is 5.75 Å². The Morgan fingerprint density at radius 2 is 2.03 bits per heavy atom. The maximum atomic E-state index is 13.5. The van der Waals surface area contributed by atoms with Crippen molar-refractivity contribution >= 4 is 33.5 Å². The fourth-order valence-electron chi connectivity index (χ4n) is 3.76. The average Bonchev–Trinajstić information content (AvgIpc) is 3.12. The molecule has 156 valence electrons. The number of rotatable bonds is 5. The van der Waals surface area contributed by atoms with Crippen molar-refractivity contribution in [3.63, 3.8) is 0 Å². The van der Waals surface area contributed by atoms with E-state index in [-0.39, 0.29) is 0 Å². The number of hydrogen-bond acceptors (Lipinski definition) is 3. The van der Waals surface area contributed by atoms with Crippen LogP contribution in [-0.4, -0.2) is 35.7 Å². The number of carbonyl (C=O) groups is 1. The second-order valence-corrected chi connectivity index (χ2v) is 8.08. The molecule has 0 saturated carbocycles. The zero-order valence-corrected chi connectivity index (χ0v) is 17.7. The average molecular weight is 493 g/mol. The number of alkyl halides is 3. The summed E-state index contributed by atoms with van der Waals surface area (Å²) in [4.78, 5) is 13.5. The van der Waals surface area contributed by atoms with Crippen molar-refractivity contribution in [2.24, 2.45) is 0 Å². The summed E-state index contributed by atoms with van der Waals surface area (Å²) in [5, 5.41) is 9.25. The van der Waals surface area contributed by atoms with Crippen LogP contribution in [-0.2, 0) is 11.0 Å². The highest BCUT2D eigenvalue weighted by Gasteiger charge is 2.40. The van der Waals surface area contributed by atoms with Crippen LogP contribution in [0, 0.1) is 0 Å². The first-order valence-corrected chi connectivity index (χ1v) is 9.99. The molecule has 1 aliphatic heterocycles. The third-order valence-corrected chi connectivity index (χ3v) is 5.83. The van der Waals surface area contributed by atoms with Crippen molar-refractivity contribution in [2.75, 3.05) is 13.7 Å². The minimum Gasteiger partial charge on any atom is -0.496 e. The van der Waals surface area contributed by atoms with Gasteiger partial charge in [-0.15, -0.1) is 0 Å². The van der Waals surface area contributed by atoms with E-state index in [9.17, 15) is 23.1 Å². The molecular formula is C20H18BrClF3NO3. The normalized spacial score (nSPS) is 18.6. The van der Waals surface area contributed by atoms with E-state index in [1.54, 1.807) is 23.1 Å². The van der Waals surface area contributed by atoms with Crippen LogP contribution in [0.15, 0.2) is 40.9 Å². The van der Waals surface area contributed by atoms with E-state index >= 15 is 0 Å². The summed E-state index contributed by atoms with van der Waals surface area (Å²) in [6, 6.07) is 7.31. The van der Waals surface area contributed by atoms with E-state index < -0.39 is 34.8 Å². The molecule has 0 amide bonds. The second kappa shape index (κ2) is 8.53. The van der Waals surface area contributed by atoms with Crippen molar-refractivity contribution in [3.8, 4) is 5.75 Å². The fourth-order valence-corrected chi connectivity index (χ4v) is 4.37. The van der Waals surface area contributed by atoms with E-state index in [4.69, 9.17) is 16.3 Å². The van der Waals surface area contributed by atoms with Gasteiger partial charge in [-0.2, -0.15) is 13.2 Å². The highest BCUT2D eigenvalue weighted by molar-refractivity contribution is 9.10. The van der Waals surface area contributed by atoms with Crippen molar-refractivity contribution in [1.29, 1.82) is 0 Å². The summed E-state index contributed by atoms with van der Waals surface area (Å²) in [7, 11) is 1.46. The van der Waals surface area contributed by atoms with Gasteiger partial charge in [0.1, 0.15) is 11.8 Å². The number of hydrogen-bond donors (Lipinski definition) is 1. The number of benzene rings is 2. The van der Waals surface area contributed by atoms with Crippen LogP contribution in [0.25, 0.3) is 0 Å². The van der Waals surface area contributed by atoms with Gasteiger partial charge in [-0.1, -0.05) is 33.6 Å². The van der Waals surface area contributed by atoms with Gasteiger partial charge in [0, 0.05) is 16.6 Å². The van der Waals surface area contributed by atoms with Crippen LogP contribution in [0.3, 0.4) is 0 Å². The number of carboxylic acids is 1. The van der Waals surface area contributed by atoms with Gasteiger partial charge in [-0.05, 0) is 48.7 Å². The van der Waals surface area contributed by atoms with Gasteiger partial charge >= 0.3 is 12.1 Å². The molecule has 2 aromatic rings. The van der Waals surface area contributed by atoms with Gasteiger partial charge in [-0.3, -0.25) is 9.69 Å². The summed E-state index contributed by atoms with van der Waals surface area (Å²) >= 11 is 9.18. The minimum atomic E-state index is -4.63. The van der Waals surface area contributed by atoms with Crippen LogP contribution >= 0.6 is 27.5 Å². The van der Waals surface area contributed by atoms with Crippen LogP contribution in [0.2, 0.25) is 5.02 Å².